The van der Waals surface area contributed by atoms with Gasteiger partial charge in [-0.3, -0.25) is 9.69 Å². The number of carbonyl (C=O) groups excluding carboxylic acids is 1. The second-order valence-electron chi connectivity index (χ2n) is 7.84. The maximum absolute atomic E-state index is 12.9. The van der Waals surface area contributed by atoms with Gasteiger partial charge >= 0.3 is 0 Å². The fraction of sp³-hybridized carbons (Fsp3) is 0.682. The molecule has 0 saturated carbocycles. The van der Waals surface area contributed by atoms with E-state index in [-0.39, 0.29) is 5.92 Å². The number of amides is 1. The highest BCUT2D eigenvalue weighted by Gasteiger charge is 2.30. The van der Waals surface area contributed by atoms with Crippen molar-refractivity contribution in [1.29, 1.82) is 0 Å². The first-order chi connectivity index (χ1) is 14.1. The quantitative estimate of drug-likeness (QED) is 0.692. The van der Waals surface area contributed by atoms with Crippen LogP contribution < -0.4 is 14.2 Å². The molecule has 7 nitrogen and oxygen atoms in total. The van der Waals surface area contributed by atoms with Crippen molar-refractivity contribution in [1.82, 2.24) is 14.7 Å². The van der Waals surface area contributed by atoms with Gasteiger partial charge in [0, 0.05) is 38.6 Å². The molecule has 1 aromatic rings. The zero-order valence-corrected chi connectivity index (χ0v) is 18.3. The molecule has 0 N–H and O–H groups in total. The fourth-order valence-corrected chi connectivity index (χ4v) is 4.37. The first kappa shape index (κ1) is 21.7. The van der Waals surface area contributed by atoms with Gasteiger partial charge in [0.15, 0.2) is 11.5 Å². The van der Waals surface area contributed by atoms with E-state index in [1.807, 2.05) is 12.1 Å². The summed E-state index contributed by atoms with van der Waals surface area (Å²) in [4.78, 5) is 19.8. The molecular formula is C22H35N3O4. The number of methoxy groups -OCH3 is 3. The molecule has 1 aromatic carbocycles. The van der Waals surface area contributed by atoms with Crippen LogP contribution in [0.5, 0.6) is 17.2 Å². The van der Waals surface area contributed by atoms with Crippen molar-refractivity contribution >= 4 is 5.91 Å². The van der Waals surface area contributed by atoms with E-state index in [2.05, 4.69) is 21.6 Å². The van der Waals surface area contributed by atoms with Crippen LogP contribution in [0.15, 0.2) is 12.1 Å². The van der Waals surface area contributed by atoms with Gasteiger partial charge in [-0.25, -0.2) is 0 Å². The molecule has 2 heterocycles. The molecule has 0 aromatic heterocycles. The summed E-state index contributed by atoms with van der Waals surface area (Å²) in [5, 5.41) is 0. The maximum Gasteiger partial charge on any atom is 0.225 e. The van der Waals surface area contributed by atoms with Crippen molar-refractivity contribution in [3.63, 3.8) is 0 Å². The highest BCUT2D eigenvalue weighted by Crippen LogP contribution is 2.38. The minimum atomic E-state index is 0.166. The lowest BCUT2D eigenvalue weighted by atomic mass is 9.94. The number of ether oxygens (including phenoxy) is 3. The van der Waals surface area contributed by atoms with Gasteiger partial charge in [0.1, 0.15) is 0 Å². The summed E-state index contributed by atoms with van der Waals surface area (Å²) in [7, 11) is 4.89. The van der Waals surface area contributed by atoms with E-state index in [4.69, 9.17) is 14.2 Å². The number of rotatable bonds is 7. The molecule has 0 spiro atoms. The third kappa shape index (κ3) is 5.14. The van der Waals surface area contributed by atoms with Crippen molar-refractivity contribution < 1.29 is 19.0 Å². The van der Waals surface area contributed by atoms with Gasteiger partial charge in [0.05, 0.1) is 21.3 Å². The van der Waals surface area contributed by atoms with Gasteiger partial charge in [0.2, 0.25) is 11.7 Å². The number of hydrogen-bond donors (Lipinski definition) is 0. The van der Waals surface area contributed by atoms with Crippen LogP contribution >= 0.6 is 0 Å². The number of likely N-dealkylation sites (N-methyl/N-ethyl adjacent to an activating group) is 1. The third-order valence-corrected chi connectivity index (χ3v) is 6.20. The highest BCUT2D eigenvalue weighted by molar-refractivity contribution is 5.79. The van der Waals surface area contributed by atoms with Crippen molar-refractivity contribution in [2.45, 2.75) is 26.3 Å². The summed E-state index contributed by atoms with van der Waals surface area (Å²) in [6, 6.07) is 4.01. The molecule has 0 atom stereocenters. The standard InChI is InChI=1S/C22H35N3O4/c1-5-23-10-12-25(13-11-23)22(26)18-6-8-24(9-7-18)16-17-14-19(27-2)21(29-4)20(15-17)28-3/h14-15,18H,5-13,16H2,1-4H3. The summed E-state index contributed by atoms with van der Waals surface area (Å²) in [6.07, 6.45) is 1.86. The summed E-state index contributed by atoms with van der Waals surface area (Å²) < 4.78 is 16.3. The number of likely N-dealkylation sites (tertiary alicyclic amines) is 1. The Morgan fingerprint density at radius 2 is 1.48 bits per heavy atom. The molecular weight excluding hydrogens is 370 g/mol. The number of piperidine rings is 1. The first-order valence-corrected chi connectivity index (χ1v) is 10.6. The molecule has 0 unspecified atom stereocenters. The van der Waals surface area contributed by atoms with Gasteiger partial charge in [-0.2, -0.15) is 0 Å². The molecule has 3 rings (SSSR count). The molecule has 0 bridgehead atoms. The molecule has 2 aliphatic heterocycles. The van der Waals surface area contributed by atoms with Crippen molar-refractivity contribution in [3.05, 3.63) is 17.7 Å². The molecule has 2 fully saturated rings. The van der Waals surface area contributed by atoms with E-state index >= 15 is 0 Å². The largest absolute Gasteiger partial charge is 0.493 e. The zero-order chi connectivity index (χ0) is 20.8. The number of hydrogen-bond acceptors (Lipinski definition) is 6. The molecule has 0 aliphatic carbocycles. The predicted octanol–water partition coefficient (Wildman–Crippen LogP) is 2.09. The number of benzene rings is 1. The van der Waals surface area contributed by atoms with E-state index in [1.54, 1.807) is 21.3 Å². The topological polar surface area (TPSA) is 54.5 Å². The Hall–Kier alpha value is -1.99. The molecule has 1 amide bonds. The predicted molar refractivity (Wildman–Crippen MR) is 113 cm³/mol. The maximum atomic E-state index is 12.9. The van der Waals surface area contributed by atoms with Gasteiger partial charge in [0.25, 0.3) is 0 Å². The Bertz CT molecular complexity index is 656. The molecule has 2 saturated heterocycles. The highest BCUT2D eigenvalue weighted by atomic mass is 16.5. The van der Waals surface area contributed by atoms with E-state index in [0.717, 1.165) is 70.8 Å². The van der Waals surface area contributed by atoms with Gasteiger partial charge in [-0.15, -0.1) is 0 Å². The lowest BCUT2D eigenvalue weighted by molar-refractivity contribution is -0.138. The lowest BCUT2D eigenvalue weighted by Gasteiger charge is -2.38. The first-order valence-electron chi connectivity index (χ1n) is 10.6. The van der Waals surface area contributed by atoms with Crippen LogP contribution in [0.2, 0.25) is 0 Å². The molecule has 29 heavy (non-hydrogen) atoms. The SMILES string of the molecule is CCN1CCN(C(=O)C2CCN(Cc3cc(OC)c(OC)c(OC)c3)CC2)CC1. The Kier molecular flexibility index (Phi) is 7.61. The molecule has 162 valence electrons. The van der Waals surface area contributed by atoms with Crippen LogP contribution in [-0.2, 0) is 11.3 Å². The van der Waals surface area contributed by atoms with Crippen LogP contribution in [0.3, 0.4) is 0 Å². The zero-order valence-electron chi connectivity index (χ0n) is 18.3. The smallest absolute Gasteiger partial charge is 0.225 e. The van der Waals surface area contributed by atoms with Crippen molar-refractivity contribution in [3.8, 4) is 17.2 Å². The van der Waals surface area contributed by atoms with Crippen LogP contribution in [0.1, 0.15) is 25.3 Å². The van der Waals surface area contributed by atoms with Crippen LogP contribution in [-0.4, -0.2) is 87.7 Å². The second kappa shape index (κ2) is 10.2. The third-order valence-electron chi connectivity index (χ3n) is 6.20. The minimum Gasteiger partial charge on any atom is -0.493 e. The Morgan fingerprint density at radius 3 is 1.97 bits per heavy atom. The van der Waals surface area contributed by atoms with Gasteiger partial charge in [-0.1, -0.05) is 6.92 Å². The Labute approximate surface area is 174 Å². The van der Waals surface area contributed by atoms with Crippen molar-refractivity contribution in [2.75, 3.05) is 67.1 Å². The normalized spacial score (nSPS) is 19.2. The molecule has 7 heteroatoms. The molecule has 0 radical (unpaired) electrons. The van der Waals surface area contributed by atoms with E-state index in [1.165, 1.54) is 0 Å². The van der Waals surface area contributed by atoms with E-state index in [9.17, 15) is 4.79 Å². The van der Waals surface area contributed by atoms with Crippen LogP contribution in [0, 0.1) is 5.92 Å². The van der Waals surface area contributed by atoms with Crippen LogP contribution in [0.25, 0.3) is 0 Å². The van der Waals surface area contributed by atoms with E-state index < -0.39 is 0 Å². The fourth-order valence-electron chi connectivity index (χ4n) is 4.37. The monoisotopic (exact) mass is 405 g/mol. The average molecular weight is 406 g/mol. The van der Waals surface area contributed by atoms with Gasteiger partial charge in [-0.05, 0) is 50.2 Å². The lowest BCUT2D eigenvalue weighted by Crippen LogP contribution is -2.51. The van der Waals surface area contributed by atoms with Crippen LogP contribution in [0.4, 0.5) is 0 Å². The summed E-state index contributed by atoms with van der Waals surface area (Å²) in [6.45, 7) is 9.68. The summed E-state index contributed by atoms with van der Waals surface area (Å²) in [5.74, 6) is 2.50. The summed E-state index contributed by atoms with van der Waals surface area (Å²) >= 11 is 0. The minimum absolute atomic E-state index is 0.166. The van der Waals surface area contributed by atoms with Gasteiger partial charge < -0.3 is 24.0 Å². The molecule has 2 aliphatic rings. The van der Waals surface area contributed by atoms with E-state index in [0.29, 0.717) is 23.2 Å². The summed E-state index contributed by atoms with van der Waals surface area (Å²) in [5.41, 5.74) is 1.12. The number of nitrogens with zero attached hydrogens (tertiary/aromatic N) is 3. The average Bonchev–Trinajstić information content (AvgIpc) is 2.78. The number of piperazine rings is 1. The second-order valence-corrected chi connectivity index (χ2v) is 7.84. The Balaban J connectivity index is 1.54. The number of carbonyl (C=O) groups is 1. The Morgan fingerprint density at radius 1 is 0.897 bits per heavy atom. The van der Waals surface area contributed by atoms with Crippen molar-refractivity contribution in [2.24, 2.45) is 5.92 Å².